The van der Waals surface area contributed by atoms with E-state index in [1.54, 1.807) is 16.8 Å². The van der Waals surface area contributed by atoms with Crippen molar-refractivity contribution in [3.8, 4) is 39.8 Å². The Morgan fingerprint density at radius 3 is 1.71 bits per heavy atom. The number of aromatic hydroxyl groups is 1. The quantitative estimate of drug-likeness (QED) is 0.789. The van der Waals surface area contributed by atoms with Crippen molar-refractivity contribution in [2.45, 2.75) is 0 Å². The van der Waals surface area contributed by atoms with Crippen LogP contribution in [0.15, 0.2) is 16.8 Å². The van der Waals surface area contributed by atoms with Crippen LogP contribution in [0.2, 0.25) is 0 Å². The predicted octanol–water partition coefficient (Wildman–Crippen LogP) is 2.45. The Morgan fingerprint density at radius 2 is 1.38 bits per heavy atom. The van der Waals surface area contributed by atoms with E-state index < -0.39 is 0 Å². The number of hydrogen-bond acceptors (Lipinski definition) is 9. The first-order chi connectivity index (χ1) is 10.3. The Kier molecular flexibility index (Phi) is 3.67. The molecule has 21 heavy (non-hydrogen) atoms. The van der Waals surface area contributed by atoms with Gasteiger partial charge in [-0.3, -0.25) is 0 Å². The molecule has 0 saturated heterocycles. The molecule has 0 spiro atoms. The molecule has 0 amide bonds. The van der Waals surface area contributed by atoms with Gasteiger partial charge in [0.1, 0.15) is 28.6 Å². The monoisotopic (exact) mass is 322 g/mol. The van der Waals surface area contributed by atoms with E-state index in [1.165, 1.54) is 37.3 Å². The van der Waals surface area contributed by atoms with Gasteiger partial charge < -0.3 is 14.6 Å². The lowest BCUT2D eigenvalue weighted by molar-refractivity contribution is 0.388. The largest absolute Gasteiger partial charge is 0.506 e. The minimum atomic E-state index is -0.0217. The first-order valence-corrected chi connectivity index (χ1v) is 7.46. The van der Waals surface area contributed by atoms with Crippen LogP contribution in [0.5, 0.6) is 17.2 Å². The molecule has 108 valence electrons. The van der Waals surface area contributed by atoms with E-state index in [0.29, 0.717) is 34.0 Å². The van der Waals surface area contributed by atoms with Gasteiger partial charge in [-0.25, -0.2) is 0 Å². The number of nitrogens with zero attached hydrogens (tertiary/aromatic N) is 4. The summed E-state index contributed by atoms with van der Waals surface area (Å²) in [6, 6.07) is 1.68. The lowest BCUT2D eigenvalue weighted by atomic mass is 10.0. The molecule has 7 nitrogen and oxygen atoms in total. The number of benzene rings is 1. The topological polar surface area (TPSA) is 90.2 Å². The number of rotatable bonds is 4. The molecule has 9 heteroatoms. The lowest BCUT2D eigenvalue weighted by Gasteiger charge is -2.15. The fraction of sp³-hybridized carbons (Fsp3) is 0.167. The van der Waals surface area contributed by atoms with Gasteiger partial charge in [0.2, 0.25) is 0 Å². The van der Waals surface area contributed by atoms with Crippen LogP contribution in [0.4, 0.5) is 0 Å². The number of ether oxygens (including phenoxy) is 2. The van der Waals surface area contributed by atoms with Crippen LogP contribution in [0, 0.1) is 0 Å². The predicted molar refractivity (Wildman–Crippen MR) is 79.0 cm³/mol. The van der Waals surface area contributed by atoms with Crippen LogP contribution in [0.1, 0.15) is 0 Å². The van der Waals surface area contributed by atoms with Gasteiger partial charge in [0.05, 0.1) is 25.3 Å². The smallest absolute Gasteiger partial charge is 0.142 e. The van der Waals surface area contributed by atoms with Crippen molar-refractivity contribution < 1.29 is 14.6 Å². The maximum atomic E-state index is 10.7. The zero-order chi connectivity index (χ0) is 14.8. The minimum absolute atomic E-state index is 0.0217. The second-order valence-electron chi connectivity index (χ2n) is 3.96. The van der Waals surface area contributed by atoms with E-state index in [4.69, 9.17) is 9.47 Å². The number of phenolic OH excluding ortho intramolecular Hbond substituents is 1. The first-order valence-electron chi connectivity index (χ1n) is 5.79. The Morgan fingerprint density at radius 1 is 0.905 bits per heavy atom. The molecule has 0 fully saturated rings. The summed E-state index contributed by atoms with van der Waals surface area (Å²) in [5.74, 6) is 0.875. The van der Waals surface area contributed by atoms with E-state index in [1.807, 2.05) is 0 Å². The summed E-state index contributed by atoms with van der Waals surface area (Å²) in [6.07, 6.45) is 0. The molecule has 2 heterocycles. The molecule has 0 bridgehead atoms. The van der Waals surface area contributed by atoms with Crippen molar-refractivity contribution in [2.24, 2.45) is 0 Å². The third-order valence-electron chi connectivity index (χ3n) is 2.90. The lowest BCUT2D eigenvalue weighted by Crippen LogP contribution is -1.96. The number of methoxy groups -OCH3 is 2. The van der Waals surface area contributed by atoms with Gasteiger partial charge in [0.15, 0.2) is 0 Å². The van der Waals surface area contributed by atoms with Crippen molar-refractivity contribution in [1.29, 1.82) is 0 Å². The third kappa shape index (κ3) is 2.30. The SMILES string of the molecule is COc1cc(OC)c(-c2csnn2)c(O)c1-c1csnn1. The van der Waals surface area contributed by atoms with Crippen molar-refractivity contribution in [3.63, 3.8) is 0 Å². The van der Waals surface area contributed by atoms with Crippen LogP contribution in [-0.4, -0.2) is 38.5 Å². The van der Waals surface area contributed by atoms with E-state index in [9.17, 15) is 5.11 Å². The third-order valence-corrected chi connectivity index (χ3v) is 3.91. The Balaban J connectivity index is 2.32. The molecule has 3 aromatic rings. The average molecular weight is 322 g/mol. The van der Waals surface area contributed by atoms with E-state index in [2.05, 4.69) is 19.2 Å². The van der Waals surface area contributed by atoms with Crippen molar-refractivity contribution in [2.75, 3.05) is 14.2 Å². The molecular formula is C12H10N4O3S2. The van der Waals surface area contributed by atoms with Crippen LogP contribution in [-0.2, 0) is 0 Å². The van der Waals surface area contributed by atoms with Crippen LogP contribution < -0.4 is 9.47 Å². The highest BCUT2D eigenvalue weighted by Crippen LogP contribution is 2.48. The van der Waals surface area contributed by atoms with Crippen LogP contribution in [0.3, 0.4) is 0 Å². The van der Waals surface area contributed by atoms with Gasteiger partial charge in [0.25, 0.3) is 0 Å². The standard InChI is InChI=1S/C12H10N4O3S2/c1-18-8-3-9(19-2)11(7-5-21-16-14-7)12(17)10(8)6-4-20-15-13-6/h3-5,17H,1-2H3. The molecule has 0 aliphatic rings. The van der Waals surface area contributed by atoms with Gasteiger partial charge in [-0.1, -0.05) is 8.98 Å². The van der Waals surface area contributed by atoms with E-state index in [0.717, 1.165) is 0 Å². The first kappa shape index (κ1) is 13.7. The second kappa shape index (κ2) is 5.62. The van der Waals surface area contributed by atoms with Crippen molar-refractivity contribution >= 4 is 23.1 Å². The molecule has 0 saturated carbocycles. The molecule has 1 N–H and O–H groups in total. The minimum Gasteiger partial charge on any atom is -0.506 e. The maximum absolute atomic E-state index is 10.7. The van der Waals surface area contributed by atoms with Crippen LogP contribution >= 0.6 is 23.1 Å². The molecule has 3 rings (SSSR count). The summed E-state index contributed by atoms with van der Waals surface area (Å²) in [6.45, 7) is 0. The molecule has 0 atom stereocenters. The fourth-order valence-electron chi connectivity index (χ4n) is 1.99. The summed E-state index contributed by atoms with van der Waals surface area (Å²) in [5.41, 5.74) is 1.97. The second-order valence-corrected chi connectivity index (χ2v) is 5.18. The van der Waals surface area contributed by atoms with Crippen LogP contribution in [0.25, 0.3) is 22.5 Å². The van der Waals surface area contributed by atoms with Gasteiger partial charge in [-0.05, 0) is 23.1 Å². The van der Waals surface area contributed by atoms with Gasteiger partial charge in [-0.15, -0.1) is 10.2 Å². The summed E-state index contributed by atoms with van der Waals surface area (Å²) in [5, 5.41) is 22.1. The highest BCUT2D eigenvalue weighted by molar-refractivity contribution is 7.03. The Bertz CT molecular complexity index is 684. The molecule has 1 aromatic carbocycles. The maximum Gasteiger partial charge on any atom is 0.142 e. The number of hydrogen-bond donors (Lipinski definition) is 1. The van der Waals surface area contributed by atoms with Gasteiger partial charge in [-0.2, -0.15) is 0 Å². The molecule has 0 radical (unpaired) electrons. The summed E-state index contributed by atoms with van der Waals surface area (Å²) < 4.78 is 18.3. The number of aromatic nitrogens is 4. The van der Waals surface area contributed by atoms with E-state index in [-0.39, 0.29) is 5.75 Å². The zero-order valence-corrected chi connectivity index (χ0v) is 12.7. The Labute approximate surface area is 128 Å². The van der Waals surface area contributed by atoms with Gasteiger partial charge in [0, 0.05) is 16.8 Å². The highest BCUT2D eigenvalue weighted by atomic mass is 32.1. The summed E-state index contributed by atoms with van der Waals surface area (Å²) in [7, 11) is 3.03. The van der Waals surface area contributed by atoms with Gasteiger partial charge >= 0.3 is 0 Å². The molecular weight excluding hydrogens is 312 g/mol. The zero-order valence-electron chi connectivity index (χ0n) is 11.1. The summed E-state index contributed by atoms with van der Waals surface area (Å²) >= 11 is 2.38. The fourth-order valence-corrected chi connectivity index (χ4v) is 2.88. The van der Waals surface area contributed by atoms with E-state index >= 15 is 0 Å². The Hall–Kier alpha value is -2.26. The normalized spacial score (nSPS) is 10.6. The summed E-state index contributed by atoms with van der Waals surface area (Å²) in [4.78, 5) is 0. The molecule has 2 aromatic heterocycles. The molecule has 0 unspecified atom stereocenters. The highest BCUT2D eigenvalue weighted by Gasteiger charge is 2.24. The molecule has 0 aliphatic heterocycles. The van der Waals surface area contributed by atoms with Crippen molar-refractivity contribution in [3.05, 3.63) is 16.8 Å². The van der Waals surface area contributed by atoms with Crippen molar-refractivity contribution in [1.82, 2.24) is 19.2 Å². The number of phenols is 1. The average Bonchev–Trinajstić information content (AvgIpc) is 3.19. The molecule has 0 aliphatic carbocycles.